The molecule has 6 heteroatoms. The van der Waals surface area contributed by atoms with Gasteiger partial charge in [0.2, 0.25) is 0 Å². The Morgan fingerprint density at radius 1 is 0.338 bits per heavy atom. The van der Waals surface area contributed by atoms with E-state index in [0.717, 1.165) is 70.6 Å². The molecule has 1 atom stereocenters. The van der Waals surface area contributed by atoms with Gasteiger partial charge in [-0.1, -0.05) is 253 Å². The van der Waals surface area contributed by atoms with Crippen molar-refractivity contribution >= 4 is 17.9 Å². The van der Waals surface area contributed by atoms with Crippen LogP contribution >= 0.6 is 0 Å². The normalized spacial score (nSPS) is 12.8. The first-order valence-electron chi connectivity index (χ1n) is 26.8. The molecule has 0 aromatic heterocycles. The molecule has 0 bridgehead atoms. The Balaban J connectivity index is 4.44. The molecule has 0 rings (SSSR count). The Bertz CT molecular complexity index is 1310. The summed E-state index contributed by atoms with van der Waals surface area (Å²) in [4.78, 5) is 38.0. The first-order chi connectivity index (χ1) is 32.0. The Kier molecular flexibility index (Phi) is 50.0. The first kappa shape index (κ1) is 61.3. The lowest BCUT2D eigenvalue weighted by atomic mass is 10.0. The lowest BCUT2D eigenvalue weighted by molar-refractivity contribution is -0.167. The Morgan fingerprint density at radius 2 is 0.692 bits per heavy atom. The van der Waals surface area contributed by atoms with Crippen LogP contribution in [0.15, 0.2) is 97.2 Å². The fourth-order valence-electron chi connectivity index (χ4n) is 7.25. The third-order valence-corrected chi connectivity index (χ3v) is 11.2. The summed E-state index contributed by atoms with van der Waals surface area (Å²) in [7, 11) is 0. The van der Waals surface area contributed by atoms with Crippen LogP contribution in [0, 0.1) is 0 Å². The number of rotatable bonds is 47. The highest BCUT2D eigenvalue weighted by atomic mass is 16.6. The van der Waals surface area contributed by atoms with Crippen molar-refractivity contribution in [2.75, 3.05) is 13.2 Å². The minimum absolute atomic E-state index is 0.102. The van der Waals surface area contributed by atoms with E-state index in [1.54, 1.807) is 0 Å². The van der Waals surface area contributed by atoms with Crippen molar-refractivity contribution in [2.24, 2.45) is 0 Å². The van der Waals surface area contributed by atoms with E-state index < -0.39 is 6.10 Å². The van der Waals surface area contributed by atoms with Gasteiger partial charge >= 0.3 is 17.9 Å². The molecule has 0 heterocycles. The van der Waals surface area contributed by atoms with E-state index in [-0.39, 0.29) is 37.5 Å². The van der Waals surface area contributed by atoms with Crippen molar-refractivity contribution in [2.45, 2.75) is 245 Å². The van der Waals surface area contributed by atoms with Gasteiger partial charge in [-0.05, 0) is 64.2 Å². The van der Waals surface area contributed by atoms with Crippen molar-refractivity contribution in [3.63, 3.8) is 0 Å². The number of hydrogen-bond acceptors (Lipinski definition) is 6. The standard InChI is InChI=1S/C59H98O6/c1-4-7-10-13-16-19-22-25-27-28-29-30-32-34-37-40-43-46-49-52-58(61)64-55-56(54-63-57(60)51-48-45-42-39-36-33-24-21-18-15-12-9-6-3)65-59(62)53-50-47-44-41-38-35-31-26-23-20-17-14-11-8-5-2/h7,9-10,12,15-16,18-19,21,24-25,27,33,36,39,42,56H,4-6,8,11,13-14,17,20,22-23,26,28-32,34-35,37-38,40-41,43-55H2,1-3H3/b10-7-,12-9-,18-15-,19-16-,24-21-,27-25-,36-33-,42-39-. The van der Waals surface area contributed by atoms with Crippen LogP contribution in [0.2, 0.25) is 0 Å². The van der Waals surface area contributed by atoms with Gasteiger partial charge in [0, 0.05) is 19.3 Å². The maximum atomic E-state index is 12.8. The van der Waals surface area contributed by atoms with Crippen LogP contribution in [-0.2, 0) is 28.6 Å². The fraction of sp³-hybridized carbons (Fsp3) is 0.678. The molecular formula is C59H98O6. The lowest BCUT2D eigenvalue weighted by Crippen LogP contribution is -2.30. The highest BCUT2D eigenvalue weighted by Crippen LogP contribution is 2.15. The van der Waals surface area contributed by atoms with Crippen LogP contribution in [0.3, 0.4) is 0 Å². The second kappa shape index (κ2) is 52.9. The summed E-state index contributed by atoms with van der Waals surface area (Å²) in [5.41, 5.74) is 0. The number of esters is 3. The average Bonchev–Trinajstić information content (AvgIpc) is 3.30. The van der Waals surface area contributed by atoms with Gasteiger partial charge in [-0.3, -0.25) is 14.4 Å². The van der Waals surface area contributed by atoms with E-state index >= 15 is 0 Å². The number of carbonyl (C=O) groups is 3. The van der Waals surface area contributed by atoms with Gasteiger partial charge < -0.3 is 14.2 Å². The van der Waals surface area contributed by atoms with E-state index in [0.29, 0.717) is 19.3 Å². The zero-order chi connectivity index (χ0) is 47.2. The molecule has 0 aliphatic rings. The molecule has 0 fully saturated rings. The predicted octanol–water partition coefficient (Wildman–Crippen LogP) is 17.8. The van der Waals surface area contributed by atoms with Crippen LogP contribution < -0.4 is 0 Å². The van der Waals surface area contributed by atoms with E-state index in [1.165, 1.54) is 122 Å². The number of allylic oxidation sites excluding steroid dienone is 16. The molecule has 0 aromatic carbocycles. The molecule has 0 saturated carbocycles. The maximum absolute atomic E-state index is 12.8. The van der Waals surface area contributed by atoms with E-state index in [4.69, 9.17) is 14.2 Å². The number of carbonyl (C=O) groups excluding carboxylic acids is 3. The lowest BCUT2D eigenvalue weighted by Gasteiger charge is -2.18. The molecule has 0 aromatic rings. The molecule has 370 valence electrons. The van der Waals surface area contributed by atoms with Gasteiger partial charge in [-0.2, -0.15) is 0 Å². The summed E-state index contributed by atoms with van der Waals surface area (Å²) in [6, 6.07) is 0. The van der Waals surface area contributed by atoms with Crippen LogP contribution in [0.1, 0.15) is 239 Å². The Hall–Kier alpha value is -3.67. The van der Waals surface area contributed by atoms with Crippen LogP contribution in [0.25, 0.3) is 0 Å². The molecule has 0 saturated heterocycles. The predicted molar refractivity (Wildman–Crippen MR) is 279 cm³/mol. The minimum Gasteiger partial charge on any atom is -0.462 e. The molecule has 0 spiro atoms. The quantitative estimate of drug-likeness (QED) is 0.0199. The van der Waals surface area contributed by atoms with Gasteiger partial charge in [-0.25, -0.2) is 0 Å². The highest BCUT2D eigenvalue weighted by Gasteiger charge is 2.19. The van der Waals surface area contributed by atoms with Crippen molar-refractivity contribution < 1.29 is 28.6 Å². The van der Waals surface area contributed by atoms with E-state index in [1.807, 2.05) is 54.7 Å². The summed E-state index contributed by atoms with van der Waals surface area (Å²) in [5, 5.41) is 0. The molecule has 6 nitrogen and oxygen atoms in total. The average molecular weight is 903 g/mol. The highest BCUT2D eigenvalue weighted by molar-refractivity contribution is 5.71. The molecule has 1 unspecified atom stereocenters. The van der Waals surface area contributed by atoms with E-state index in [9.17, 15) is 14.4 Å². The molecular weight excluding hydrogens is 805 g/mol. The third-order valence-electron chi connectivity index (χ3n) is 11.2. The summed E-state index contributed by atoms with van der Waals surface area (Å²) in [6.07, 6.45) is 69.7. The molecule has 65 heavy (non-hydrogen) atoms. The smallest absolute Gasteiger partial charge is 0.306 e. The van der Waals surface area contributed by atoms with Gasteiger partial charge in [0.15, 0.2) is 6.10 Å². The second-order valence-corrected chi connectivity index (χ2v) is 17.5. The second-order valence-electron chi connectivity index (χ2n) is 17.5. The van der Waals surface area contributed by atoms with Crippen LogP contribution in [-0.4, -0.2) is 37.2 Å². The number of unbranched alkanes of at least 4 members (excludes halogenated alkanes) is 24. The Morgan fingerprint density at radius 3 is 1.17 bits per heavy atom. The molecule has 0 radical (unpaired) electrons. The molecule has 0 N–H and O–H groups in total. The first-order valence-corrected chi connectivity index (χ1v) is 26.8. The van der Waals surface area contributed by atoms with Gasteiger partial charge in [0.1, 0.15) is 13.2 Å². The SMILES string of the molecule is CC\C=C/C=C\C=C/C=C\C=C/CCCC(=O)OCC(COC(=O)CCCCCCCCCCC/C=C\C/C=C\C/C=C\CC)OC(=O)CCCCCCCCCCCCCCCCC. The maximum Gasteiger partial charge on any atom is 0.306 e. The minimum atomic E-state index is -0.807. The number of hydrogen-bond donors (Lipinski definition) is 0. The molecule has 0 aliphatic carbocycles. The largest absolute Gasteiger partial charge is 0.462 e. The molecule has 0 amide bonds. The fourth-order valence-corrected chi connectivity index (χ4v) is 7.25. The summed E-state index contributed by atoms with van der Waals surface area (Å²) < 4.78 is 16.8. The van der Waals surface area contributed by atoms with Gasteiger partial charge in [-0.15, -0.1) is 0 Å². The Labute approximate surface area is 400 Å². The van der Waals surface area contributed by atoms with Crippen molar-refractivity contribution in [1.29, 1.82) is 0 Å². The number of ether oxygens (including phenoxy) is 3. The third kappa shape index (κ3) is 51.2. The summed E-state index contributed by atoms with van der Waals surface area (Å²) in [5.74, 6) is -0.982. The van der Waals surface area contributed by atoms with Crippen LogP contribution in [0.5, 0.6) is 0 Å². The van der Waals surface area contributed by atoms with Crippen molar-refractivity contribution in [1.82, 2.24) is 0 Å². The van der Waals surface area contributed by atoms with Crippen molar-refractivity contribution in [3.05, 3.63) is 97.2 Å². The van der Waals surface area contributed by atoms with Gasteiger partial charge in [0.25, 0.3) is 0 Å². The van der Waals surface area contributed by atoms with E-state index in [2.05, 4.69) is 63.3 Å². The summed E-state index contributed by atoms with van der Waals surface area (Å²) in [6.45, 7) is 6.32. The monoisotopic (exact) mass is 903 g/mol. The van der Waals surface area contributed by atoms with Crippen molar-refractivity contribution in [3.8, 4) is 0 Å². The van der Waals surface area contributed by atoms with Crippen LogP contribution in [0.4, 0.5) is 0 Å². The molecule has 0 aliphatic heterocycles. The zero-order valence-corrected chi connectivity index (χ0v) is 42.2. The zero-order valence-electron chi connectivity index (χ0n) is 42.2. The topological polar surface area (TPSA) is 78.9 Å². The van der Waals surface area contributed by atoms with Gasteiger partial charge in [0.05, 0.1) is 0 Å². The summed E-state index contributed by atoms with van der Waals surface area (Å²) >= 11 is 0.